The average molecular weight is 644 g/mol. The maximum Gasteiger partial charge on any atom is 0.245 e. The molecule has 2 saturated heterocycles. The highest BCUT2D eigenvalue weighted by Crippen LogP contribution is 2.46. The second-order valence-electron chi connectivity index (χ2n) is 11.3. The third-order valence-corrected chi connectivity index (χ3v) is 10.4. The predicted molar refractivity (Wildman–Crippen MR) is 156 cm³/mol. The SMILES string of the molecule is Cc1cc2c(N3CCCC3C(=O)N3CCC(C4CC4)C3Cn3cc(-c4cc(F)c(Br)c(F)c4N)nn3)ncnc2s1. The molecular formula is C28H29BrF2N8OS. The minimum absolute atomic E-state index is 0.0449. The van der Waals surface area contributed by atoms with Crippen LogP contribution in [0.3, 0.4) is 0 Å². The molecular weight excluding hydrogens is 614 g/mol. The van der Waals surface area contributed by atoms with Crippen LogP contribution in [0.4, 0.5) is 20.3 Å². The summed E-state index contributed by atoms with van der Waals surface area (Å²) < 4.78 is 30.1. The molecule has 9 nitrogen and oxygen atoms in total. The van der Waals surface area contributed by atoms with Crippen LogP contribution in [-0.2, 0) is 11.3 Å². The minimum atomic E-state index is -0.865. The van der Waals surface area contributed by atoms with Crippen LogP contribution in [-0.4, -0.2) is 60.9 Å². The Morgan fingerprint density at radius 3 is 2.80 bits per heavy atom. The fraction of sp³-hybridized carbons (Fsp3) is 0.464. The Balaban J connectivity index is 1.16. The second-order valence-corrected chi connectivity index (χ2v) is 13.3. The molecule has 13 heteroatoms. The van der Waals surface area contributed by atoms with E-state index in [-0.39, 0.29) is 39.4 Å². The van der Waals surface area contributed by atoms with Crippen molar-refractivity contribution in [2.45, 2.75) is 57.7 Å². The lowest BCUT2D eigenvalue weighted by molar-refractivity contribution is -0.134. The van der Waals surface area contributed by atoms with Crippen LogP contribution >= 0.6 is 27.3 Å². The van der Waals surface area contributed by atoms with Gasteiger partial charge in [-0.15, -0.1) is 16.4 Å². The van der Waals surface area contributed by atoms with Gasteiger partial charge in [-0.3, -0.25) is 4.79 Å². The summed E-state index contributed by atoms with van der Waals surface area (Å²) in [6, 6.07) is 2.93. The smallest absolute Gasteiger partial charge is 0.245 e. The predicted octanol–water partition coefficient (Wildman–Crippen LogP) is 5.18. The Labute approximate surface area is 247 Å². The summed E-state index contributed by atoms with van der Waals surface area (Å²) in [7, 11) is 0. The molecule has 3 atom stereocenters. The van der Waals surface area contributed by atoms with E-state index in [0.29, 0.717) is 24.9 Å². The Kier molecular flexibility index (Phi) is 6.68. The van der Waals surface area contributed by atoms with Gasteiger partial charge in [0, 0.05) is 23.5 Å². The molecule has 214 valence electrons. The van der Waals surface area contributed by atoms with Crippen LogP contribution in [0, 0.1) is 30.4 Å². The van der Waals surface area contributed by atoms with E-state index in [2.05, 4.69) is 54.1 Å². The molecule has 1 aromatic carbocycles. The molecule has 3 unspecified atom stereocenters. The number of thiophene rings is 1. The van der Waals surface area contributed by atoms with Crippen LogP contribution in [0.5, 0.6) is 0 Å². The van der Waals surface area contributed by atoms with E-state index in [1.807, 2.05) is 4.90 Å². The fourth-order valence-electron chi connectivity index (χ4n) is 6.64. The maximum absolute atomic E-state index is 14.4. The maximum atomic E-state index is 14.4. The summed E-state index contributed by atoms with van der Waals surface area (Å²) >= 11 is 4.52. The normalized spacial score (nSPS) is 22.8. The lowest BCUT2D eigenvalue weighted by atomic mass is 9.94. The zero-order chi connectivity index (χ0) is 28.4. The van der Waals surface area contributed by atoms with Crippen molar-refractivity contribution in [3.8, 4) is 11.3 Å². The van der Waals surface area contributed by atoms with Crippen LogP contribution in [0.15, 0.2) is 29.1 Å². The lowest BCUT2D eigenvalue weighted by Crippen LogP contribution is -2.50. The first-order valence-corrected chi connectivity index (χ1v) is 15.5. The molecule has 3 aromatic heterocycles. The fourth-order valence-corrected chi connectivity index (χ4v) is 7.81. The number of fused-ring (bicyclic) bond motifs is 1. The Hall–Kier alpha value is -3.19. The number of aromatic nitrogens is 5. The number of carbonyl (C=O) groups excluding carboxylic acids is 1. The number of carbonyl (C=O) groups is 1. The molecule has 0 radical (unpaired) electrons. The summed E-state index contributed by atoms with van der Waals surface area (Å²) in [5.41, 5.74) is 6.18. The standard InChI is InChI=1S/C28H29BrF2N8OS/c1-14-9-18-26(33-13-34-27(18)41-14)38-7-2-3-21(38)28(40)39-8-6-16(15-4-5-15)22(39)12-37-11-20(35-36-37)17-10-19(30)23(29)24(31)25(17)32/h9-11,13,15-16,21-22H,2-8,12,32H2,1H3. The zero-order valence-corrected chi connectivity index (χ0v) is 24.8. The number of nitrogens with zero attached hydrogens (tertiary/aromatic N) is 7. The molecule has 41 heavy (non-hydrogen) atoms. The quantitative estimate of drug-likeness (QED) is 0.228. The monoisotopic (exact) mass is 642 g/mol. The Bertz CT molecular complexity index is 1660. The zero-order valence-electron chi connectivity index (χ0n) is 22.4. The molecule has 1 amide bonds. The Morgan fingerprint density at radius 1 is 1.17 bits per heavy atom. The number of rotatable bonds is 6. The Morgan fingerprint density at radius 2 is 2.00 bits per heavy atom. The van der Waals surface area contributed by atoms with E-state index >= 15 is 0 Å². The van der Waals surface area contributed by atoms with Gasteiger partial charge in [-0.1, -0.05) is 5.21 Å². The first kappa shape index (κ1) is 26.7. The molecule has 1 aliphatic carbocycles. The second kappa shape index (κ2) is 10.3. The molecule has 2 N–H and O–H groups in total. The van der Waals surface area contributed by atoms with Crippen molar-refractivity contribution in [3.05, 3.63) is 45.6 Å². The van der Waals surface area contributed by atoms with E-state index in [4.69, 9.17) is 5.73 Å². The van der Waals surface area contributed by atoms with Gasteiger partial charge in [0.25, 0.3) is 0 Å². The van der Waals surface area contributed by atoms with E-state index in [9.17, 15) is 13.6 Å². The number of benzene rings is 1. The van der Waals surface area contributed by atoms with Crippen molar-refractivity contribution in [3.63, 3.8) is 0 Å². The van der Waals surface area contributed by atoms with Crippen LogP contribution < -0.4 is 10.6 Å². The van der Waals surface area contributed by atoms with Gasteiger partial charge >= 0.3 is 0 Å². The number of hydrogen-bond donors (Lipinski definition) is 1. The summed E-state index contributed by atoms with van der Waals surface area (Å²) in [5, 5.41) is 9.45. The van der Waals surface area contributed by atoms with Gasteiger partial charge in [-0.25, -0.2) is 23.4 Å². The van der Waals surface area contributed by atoms with Crippen molar-refractivity contribution in [1.82, 2.24) is 29.9 Å². The number of nitrogen functional groups attached to an aromatic ring is 1. The number of hydrogen-bond acceptors (Lipinski definition) is 8. The molecule has 0 bridgehead atoms. The molecule has 4 aromatic rings. The average Bonchev–Trinajstić information content (AvgIpc) is 3.34. The first-order chi connectivity index (χ1) is 19.8. The van der Waals surface area contributed by atoms with Crippen molar-refractivity contribution >= 4 is 54.9 Å². The molecule has 7 rings (SSSR count). The summed E-state index contributed by atoms with van der Waals surface area (Å²) in [4.78, 5) is 29.6. The van der Waals surface area contributed by atoms with Crippen molar-refractivity contribution in [2.24, 2.45) is 11.8 Å². The topological polar surface area (TPSA) is 106 Å². The molecule has 1 saturated carbocycles. The van der Waals surface area contributed by atoms with Crippen LogP contribution in [0.2, 0.25) is 0 Å². The molecule has 3 fully saturated rings. The summed E-state index contributed by atoms with van der Waals surface area (Å²) in [6.45, 7) is 3.98. The third-order valence-electron chi connectivity index (χ3n) is 8.74. The van der Waals surface area contributed by atoms with Crippen molar-refractivity contribution in [1.29, 1.82) is 0 Å². The largest absolute Gasteiger partial charge is 0.396 e. The van der Waals surface area contributed by atoms with E-state index in [1.165, 1.54) is 17.7 Å². The summed E-state index contributed by atoms with van der Waals surface area (Å²) in [6.07, 6.45) is 8.24. The highest BCUT2D eigenvalue weighted by molar-refractivity contribution is 9.10. The van der Waals surface area contributed by atoms with Gasteiger partial charge in [0.05, 0.1) is 34.3 Å². The molecule has 2 aliphatic heterocycles. The van der Waals surface area contributed by atoms with Crippen molar-refractivity contribution < 1.29 is 13.6 Å². The van der Waals surface area contributed by atoms with E-state index in [1.54, 1.807) is 28.5 Å². The van der Waals surface area contributed by atoms with Crippen molar-refractivity contribution in [2.75, 3.05) is 23.7 Å². The number of aryl methyl sites for hydroxylation is 1. The number of nitrogens with two attached hydrogens (primary N) is 1. The highest BCUT2D eigenvalue weighted by atomic mass is 79.9. The molecule has 0 spiro atoms. The van der Waals surface area contributed by atoms with Crippen LogP contribution in [0.25, 0.3) is 21.5 Å². The van der Waals surface area contributed by atoms with Gasteiger partial charge in [0.1, 0.15) is 34.5 Å². The number of likely N-dealkylation sites (tertiary alicyclic amines) is 1. The first-order valence-electron chi connectivity index (χ1n) is 13.9. The van der Waals surface area contributed by atoms with E-state index in [0.717, 1.165) is 47.9 Å². The summed E-state index contributed by atoms with van der Waals surface area (Å²) in [5.74, 6) is 0.298. The highest BCUT2D eigenvalue weighted by Gasteiger charge is 2.47. The van der Waals surface area contributed by atoms with Gasteiger partial charge in [0.2, 0.25) is 5.91 Å². The van der Waals surface area contributed by atoms with Gasteiger partial charge in [0.15, 0.2) is 5.82 Å². The minimum Gasteiger partial charge on any atom is -0.396 e. The van der Waals surface area contributed by atoms with Gasteiger partial charge in [-0.05, 0) is 78.9 Å². The molecule has 5 heterocycles. The van der Waals surface area contributed by atoms with E-state index < -0.39 is 11.6 Å². The number of halogens is 3. The molecule has 3 aliphatic rings. The lowest BCUT2D eigenvalue weighted by Gasteiger charge is -2.33. The van der Waals surface area contributed by atoms with Gasteiger partial charge < -0.3 is 15.5 Å². The number of amides is 1. The van der Waals surface area contributed by atoms with Gasteiger partial charge in [-0.2, -0.15) is 0 Å². The van der Waals surface area contributed by atoms with Crippen LogP contribution in [0.1, 0.15) is 37.0 Å². The third kappa shape index (κ3) is 4.66. The number of anilines is 2.